The molecule has 4 nitrogen and oxygen atoms in total. The Morgan fingerprint density at radius 1 is 1.35 bits per heavy atom. The van der Waals surface area contributed by atoms with E-state index < -0.39 is 0 Å². The second kappa shape index (κ2) is 5.17. The van der Waals surface area contributed by atoms with Gasteiger partial charge in [0.05, 0.1) is 0 Å². The molecule has 0 amide bonds. The molecule has 0 spiro atoms. The molecule has 4 heteroatoms. The molecule has 2 N–H and O–H groups in total. The smallest absolute Gasteiger partial charge is 0.138 e. The van der Waals surface area contributed by atoms with Crippen LogP contribution >= 0.6 is 0 Å². The largest absolute Gasteiger partial charge is 0.330 e. The molecule has 1 aromatic heterocycles. The van der Waals surface area contributed by atoms with E-state index >= 15 is 0 Å². The fourth-order valence-electron chi connectivity index (χ4n) is 2.92. The third-order valence-electron chi connectivity index (χ3n) is 4.02. The van der Waals surface area contributed by atoms with Crippen LogP contribution in [-0.2, 0) is 6.42 Å². The maximum atomic E-state index is 6.02. The van der Waals surface area contributed by atoms with Gasteiger partial charge in [0.1, 0.15) is 12.2 Å². The Morgan fingerprint density at radius 2 is 2.06 bits per heavy atom. The lowest BCUT2D eigenvalue weighted by molar-refractivity contribution is 0.190. The van der Waals surface area contributed by atoms with Gasteiger partial charge in [-0.25, -0.2) is 9.67 Å². The first-order valence-electron chi connectivity index (χ1n) is 6.75. The Balaban J connectivity index is 2.14. The second-order valence-electron chi connectivity index (χ2n) is 5.66. The third-order valence-corrected chi connectivity index (χ3v) is 4.02. The maximum absolute atomic E-state index is 6.02. The van der Waals surface area contributed by atoms with Crippen molar-refractivity contribution in [1.29, 1.82) is 0 Å². The van der Waals surface area contributed by atoms with E-state index in [0.29, 0.717) is 6.04 Å². The zero-order valence-corrected chi connectivity index (χ0v) is 11.0. The van der Waals surface area contributed by atoms with Gasteiger partial charge in [-0.1, -0.05) is 19.3 Å². The fraction of sp³-hybridized carbons (Fsp3) is 0.846. The van der Waals surface area contributed by atoms with Gasteiger partial charge in [-0.15, -0.1) is 0 Å². The average molecular weight is 236 g/mol. The molecular weight excluding hydrogens is 212 g/mol. The Labute approximate surface area is 104 Å². The van der Waals surface area contributed by atoms with Gasteiger partial charge >= 0.3 is 0 Å². The zero-order valence-electron chi connectivity index (χ0n) is 11.0. The van der Waals surface area contributed by atoms with Crippen LogP contribution in [0.4, 0.5) is 0 Å². The number of aromatic nitrogens is 3. The van der Waals surface area contributed by atoms with Crippen LogP contribution in [-0.4, -0.2) is 21.3 Å². The van der Waals surface area contributed by atoms with Crippen LogP contribution in [0.5, 0.6) is 0 Å². The molecule has 1 aliphatic rings. The highest BCUT2D eigenvalue weighted by atomic mass is 15.3. The molecule has 1 aliphatic carbocycles. The predicted octanol–water partition coefficient (Wildman–Crippen LogP) is 2.31. The summed E-state index contributed by atoms with van der Waals surface area (Å²) in [5, 5.41) is 4.31. The summed E-state index contributed by atoms with van der Waals surface area (Å²) in [5.41, 5.74) is 6.30. The summed E-state index contributed by atoms with van der Waals surface area (Å²) < 4.78 is 2.03. The summed E-state index contributed by atoms with van der Waals surface area (Å²) in [7, 11) is 0. The summed E-state index contributed by atoms with van der Waals surface area (Å²) in [6.07, 6.45) is 9.13. The molecule has 96 valence electrons. The van der Waals surface area contributed by atoms with Gasteiger partial charge in [-0.2, -0.15) is 5.10 Å². The number of hydrogen-bond acceptors (Lipinski definition) is 3. The highest BCUT2D eigenvalue weighted by molar-refractivity contribution is 4.97. The van der Waals surface area contributed by atoms with Gasteiger partial charge < -0.3 is 5.73 Å². The molecule has 2 rings (SSSR count). The standard InChI is InChI=1S/C13H24N4/c1-11(2)17-12(15-10-16-17)8-13(9-14)6-4-3-5-7-13/h10-11H,3-9,14H2,1-2H3. The van der Waals surface area contributed by atoms with Crippen molar-refractivity contribution in [1.82, 2.24) is 14.8 Å². The van der Waals surface area contributed by atoms with Crippen LogP contribution in [0, 0.1) is 5.41 Å². The number of rotatable bonds is 4. The van der Waals surface area contributed by atoms with Gasteiger partial charge in [0, 0.05) is 12.5 Å². The van der Waals surface area contributed by atoms with Crippen LogP contribution in [0.25, 0.3) is 0 Å². The van der Waals surface area contributed by atoms with Gasteiger partial charge in [0.2, 0.25) is 0 Å². The molecule has 1 aromatic rings. The van der Waals surface area contributed by atoms with E-state index in [2.05, 4.69) is 23.9 Å². The molecule has 0 saturated heterocycles. The molecule has 0 aromatic carbocycles. The van der Waals surface area contributed by atoms with Crippen LogP contribution in [0.2, 0.25) is 0 Å². The van der Waals surface area contributed by atoms with Crippen LogP contribution in [0.3, 0.4) is 0 Å². The number of nitrogens with zero attached hydrogens (tertiary/aromatic N) is 3. The minimum absolute atomic E-state index is 0.276. The van der Waals surface area contributed by atoms with Gasteiger partial charge in [0.25, 0.3) is 0 Å². The Bertz CT molecular complexity index is 350. The summed E-state index contributed by atoms with van der Waals surface area (Å²) in [5.74, 6) is 1.10. The van der Waals surface area contributed by atoms with Crippen molar-refractivity contribution in [3.63, 3.8) is 0 Å². The molecule has 1 saturated carbocycles. The van der Waals surface area contributed by atoms with E-state index in [1.807, 2.05) is 4.68 Å². The third kappa shape index (κ3) is 2.68. The minimum Gasteiger partial charge on any atom is -0.330 e. The van der Waals surface area contributed by atoms with E-state index in [1.165, 1.54) is 32.1 Å². The SMILES string of the molecule is CC(C)n1ncnc1CC1(CN)CCCCC1. The minimum atomic E-state index is 0.276. The fourth-order valence-corrected chi connectivity index (χ4v) is 2.92. The number of hydrogen-bond donors (Lipinski definition) is 1. The monoisotopic (exact) mass is 236 g/mol. The predicted molar refractivity (Wildman–Crippen MR) is 68.7 cm³/mol. The van der Waals surface area contributed by atoms with Crippen molar-refractivity contribution >= 4 is 0 Å². The van der Waals surface area contributed by atoms with Gasteiger partial charge in [0.15, 0.2) is 0 Å². The Hall–Kier alpha value is -0.900. The Kier molecular flexibility index (Phi) is 3.82. The lowest BCUT2D eigenvalue weighted by Gasteiger charge is -2.36. The molecule has 0 atom stereocenters. The summed E-state index contributed by atoms with van der Waals surface area (Å²) in [6, 6.07) is 0.380. The summed E-state index contributed by atoms with van der Waals surface area (Å²) in [6.45, 7) is 5.07. The molecule has 1 heterocycles. The molecule has 17 heavy (non-hydrogen) atoms. The molecule has 0 aliphatic heterocycles. The van der Waals surface area contributed by atoms with Gasteiger partial charge in [-0.3, -0.25) is 0 Å². The second-order valence-corrected chi connectivity index (χ2v) is 5.66. The Morgan fingerprint density at radius 3 is 2.65 bits per heavy atom. The lowest BCUT2D eigenvalue weighted by Crippen LogP contribution is -2.36. The van der Waals surface area contributed by atoms with Crippen molar-refractivity contribution in [3.8, 4) is 0 Å². The first kappa shape index (κ1) is 12.6. The van der Waals surface area contributed by atoms with E-state index in [0.717, 1.165) is 18.8 Å². The van der Waals surface area contributed by atoms with Crippen molar-refractivity contribution in [2.75, 3.05) is 6.54 Å². The van der Waals surface area contributed by atoms with Crippen molar-refractivity contribution < 1.29 is 0 Å². The van der Waals surface area contributed by atoms with Crippen LogP contribution in [0.1, 0.15) is 57.8 Å². The summed E-state index contributed by atoms with van der Waals surface area (Å²) >= 11 is 0. The van der Waals surface area contributed by atoms with E-state index in [4.69, 9.17) is 5.73 Å². The maximum Gasteiger partial charge on any atom is 0.138 e. The average Bonchev–Trinajstić information content (AvgIpc) is 2.78. The van der Waals surface area contributed by atoms with Crippen molar-refractivity contribution in [2.45, 2.75) is 58.4 Å². The zero-order chi connectivity index (χ0) is 12.3. The van der Waals surface area contributed by atoms with E-state index in [1.54, 1.807) is 6.33 Å². The molecule has 0 unspecified atom stereocenters. The quantitative estimate of drug-likeness (QED) is 0.872. The molecule has 0 radical (unpaired) electrons. The molecule has 1 fully saturated rings. The van der Waals surface area contributed by atoms with Gasteiger partial charge in [-0.05, 0) is 38.6 Å². The first-order chi connectivity index (χ1) is 8.17. The highest BCUT2D eigenvalue weighted by Crippen LogP contribution is 2.38. The van der Waals surface area contributed by atoms with Crippen LogP contribution < -0.4 is 5.73 Å². The normalized spacial score (nSPS) is 19.8. The van der Waals surface area contributed by atoms with E-state index in [-0.39, 0.29) is 5.41 Å². The molecule has 0 bridgehead atoms. The first-order valence-corrected chi connectivity index (χ1v) is 6.75. The van der Waals surface area contributed by atoms with E-state index in [9.17, 15) is 0 Å². The molecular formula is C13H24N4. The van der Waals surface area contributed by atoms with Crippen LogP contribution in [0.15, 0.2) is 6.33 Å². The highest BCUT2D eigenvalue weighted by Gasteiger charge is 2.32. The van der Waals surface area contributed by atoms with Crippen molar-refractivity contribution in [2.24, 2.45) is 11.1 Å². The number of nitrogens with two attached hydrogens (primary N) is 1. The topological polar surface area (TPSA) is 56.7 Å². The summed E-state index contributed by atoms with van der Waals surface area (Å²) in [4.78, 5) is 4.42. The van der Waals surface area contributed by atoms with Crippen molar-refractivity contribution in [3.05, 3.63) is 12.2 Å². The lowest BCUT2D eigenvalue weighted by atomic mass is 9.71.